The van der Waals surface area contributed by atoms with E-state index in [4.69, 9.17) is 10.5 Å². The molecule has 2 aromatic carbocycles. The van der Waals surface area contributed by atoms with Gasteiger partial charge in [-0.25, -0.2) is 9.59 Å². The van der Waals surface area contributed by atoms with Gasteiger partial charge in [-0.2, -0.15) is 0 Å². The molecule has 32 heavy (non-hydrogen) atoms. The molecule has 2 heterocycles. The number of benzene rings is 2. The van der Waals surface area contributed by atoms with Gasteiger partial charge in [0.05, 0.1) is 0 Å². The number of hydrogen-bond acceptors (Lipinski definition) is 5. The molecule has 0 radical (unpaired) electrons. The number of aromatic nitrogens is 2. The predicted molar refractivity (Wildman–Crippen MR) is 121 cm³/mol. The van der Waals surface area contributed by atoms with Gasteiger partial charge in [0.2, 0.25) is 5.91 Å². The number of H-pyrrole nitrogens is 2. The van der Waals surface area contributed by atoms with Gasteiger partial charge in [0.25, 0.3) is 0 Å². The lowest BCUT2D eigenvalue weighted by molar-refractivity contribution is -0.162. The first-order chi connectivity index (χ1) is 15.4. The first-order valence-electron chi connectivity index (χ1n) is 10.3. The highest BCUT2D eigenvalue weighted by atomic mass is 16.6. The summed E-state index contributed by atoms with van der Waals surface area (Å²) in [5, 5.41) is 4.46. The average Bonchev–Trinajstić information content (AvgIpc) is 3.37. The monoisotopic (exact) mass is 432 g/mol. The van der Waals surface area contributed by atoms with E-state index in [1.54, 1.807) is 12.4 Å². The van der Waals surface area contributed by atoms with Crippen LogP contribution < -0.4 is 11.1 Å². The van der Waals surface area contributed by atoms with Crippen molar-refractivity contribution in [3.8, 4) is 0 Å². The van der Waals surface area contributed by atoms with Crippen molar-refractivity contribution in [2.24, 2.45) is 5.73 Å². The van der Waals surface area contributed by atoms with Crippen molar-refractivity contribution in [1.29, 1.82) is 0 Å². The second kappa shape index (κ2) is 9.07. The molecule has 5 N–H and O–H groups in total. The van der Waals surface area contributed by atoms with E-state index in [9.17, 15) is 14.4 Å². The number of para-hydroxylation sites is 2. The minimum absolute atomic E-state index is 0.174. The third-order valence-corrected chi connectivity index (χ3v) is 5.38. The van der Waals surface area contributed by atoms with E-state index in [1.807, 2.05) is 48.5 Å². The van der Waals surface area contributed by atoms with E-state index in [-0.39, 0.29) is 12.8 Å². The summed E-state index contributed by atoms with van der Waals surface area (Å²) in [6.45, 7) is 1.31. The quantitative estimate of drug-likeness (QED) is 0.263. The van der Waals surface area contributed by atoms with Crippen molar-refractivity contribution < 1.29 is 19.1 Å². The van der Waals surface area contributed by atoms with Crippen LogP contribution in [-0.4, -0.2) is 39.9 Å². The summed E-state index contributed by atoms with van der Waals surface area (Å²) in [4.78, 5) is 43.2. The molecule has 2 aromatic heterocycles. The van der Waals surface area contributed by atoms with Crippen LogP contribution in [0, 0.1) is 0 Å². The molecule has 4 aromatic rings. The molecule has 0 spiro atoms. The second-order valence-electron chi connectivity index (χ2n) is 7.73. The Labute approximate surface area is 184 Å². The summed E-state index contributed by atoms with van der Waals surface area (Å²) >= 11 is 0. The summed E-state index contributed by atoms with van der Waals surface area (Å²) in [5.41, 5.74) is 9.55. The van der Waals surface area contributed by atoms with Gasteiger partial charge in [-0.3, -0.25) is 4.79 Å². The summed E-state index contributed by atoms with van der Waals surface area (Å²) in [7, 11) is 0. The molecule has 8 nitrogen and oxygen atoms in total. The van der Waals surface area contributed by atoms with Gasteiger partial charge in [0.15, 0.2) is 0 Å². The number of fused-ring (bicyclic) bond motifs is 2. The van der Waals surface area contributed by atoms with Gasteiger partial charge in [0.1, 0.15) is 12.1 Å². The molecular formula is C24H24N4O4. The Balaban J connectivity index is 1.45. The van der Waals surface area contributed by atoms with Crippen LogP contribution in [0.5, 0.6) is 0 Å². The van der Waals surface area contributed by atoms with Crippen LogP contribution in [0.1, 0.15) is 18.1 Å². The third-order valence-electron chi connectivity index (χ3n) is 5.38. The Kier molecular flexibility index (Phi) is 6.04. The maximum Gasteiger partial charge on any atom is 0.336 e. The van der Waals surface area contributed by atoms with E-state index in [0.717, 1.165) is 32.9 Å². The Morgan fingerprint density at radius 2 is 1.41 bits per heavy atom. The van der Waals surface area contributed by atoms with E-state index in [0.29, 0.717) is 0 Å². The molecule has 2 atom stereocenters. The number of hydrogen-bond donors (Lipinski definition) is 4. The fourth-order valence-corrected chi connectivity index (χ4v) is 3.83. The highest BCUT2D eigenvalue weighted by Crippen LogP contribution is 2.20. The van der Waals surface area contributed by atoms with E-state index < -0.39 is 29.9 Å². The molecule has 0 unspecified atom stereocenters. The van der Waals surface area contributed by atoms with E-state index in [2.05, 4.69) is 15.3 Å². The van der Waals surface area contributed by atoms with Crippen LogP contribution in [0.15, 0.2) is 60.9 Å². The molecule has 0 saturated carbocycles. The van der Waals surface area contributed by atoms with E-state index in [1.165, 1.54) is 6.92 Å². The lowest BCUT2D eigenvalue weighted by Gasteiger charge is -2.17. The zero-order valence-corrected chi connectivity index (χ0v) is 17.6. The molecule has 164 valence electrons. The predicted octanol–water partition coefficient (Wildman–Crippen LogP) is 2.34. The summed E-state index contributed by atoms with van der Waals surface area (Å²) in [5.74, 6) is -2.08. The molecule has 0 bridgehead atoms. The van der Waals surface area contributed by atoms with Gasteiger partial charge < -0.3 is 25.8 Å². The van der Waals surface area contributed by atoms with Crippen LogP contribution >= 0.6 is 0 Å². The number of aromatic amines is 2. The maximum atomic E-state index is 12.7. The number of carbonyl (C=O) groups is 3. The number of rotatable bonds is 7. The normalized spacial score (nSPS) is 13.1. The standard InChI is InChI=1S/C24H24N4O4/c1-14(29)28-22(11-16-13-27-21-9-5-3-7-18(16)21)24(31)32-23(30)19(25)10-15-12-26-20-8-4-2-6-17(15)20/h2-9,12-13,19,22,26-27H,10-11,25H2,1H3,(H,28,29)/t19-,22-/m0/s1. The number of amides is 1. The minimum atomic E-state index is -1.02. The Morgan fingerprint density at radius 3 is 1.97 bits per heavy atom. The highest BCUT2D eigenvalue weighted by Gasteiger charge is 2.28. The summed E-state index contributed by atoms with van der Waals surface area (Å²) in [6.07, 6.45) is 3.95. The zero-order chi connectivity index (χ0) is 22.7. The van der Waals surface area contributed by atoms with Crippen LogP contribution in [0.3, 0.4) is 0 Å². The van der Waals surface area contributed by atoms with Crippen molar-refractivity contribution in [2.45, 2.75) is 31.8 Å². The highest BCUT2D eigenvalue weighted by molar-refractivity contribution is 5.94. The molecule has 0 saturated heterocycles. The lowest BCUT2D eigenvalue weighted by Crippen LogP contribution is -2.45. The first kappa shape index (κ1) is 21.3. The van der Waals surface area contributed by atoms with Gasteiger partial charge in [-0.1, -0.05) is 36.4 Å². The van der Waals surface area contributed by atoms with Crippen molar-refractivity contribution in [1.82, 2.24) is 15.3 Å². The van der Waals surface area contributed by atoms with Crippen molar-refractivity contribution >= 4 is 39.7 Å². The molecule has 0 aliphatic heterocycles. The molecule has 0 fully saturated rings. The van der Waals surface area contributed by atoms with Crippen LogP contribution in [0.2, 0.25) is 0 Å². The van der Waals surface area contributed by atoms with Gasteiger partial charge in [-0.05, 0) is 23.3 Å². The third kappa shape index (κ3) is 4.55. The van der Waals surface area contributed by atoms with Crippen LogP contribution in [0.25, 0.3) is 21.8 Å². The Bertz CT molecular complexity index is 1290. The molecule has 1 amide bonds. The number of nitrogens with one attached hydrogen (secondary N) is 3. The fourth-order valence-electron chi connectivity index (χ4n) is 3.83. The van der Waals surface area contributed by atoms with Crippen molar-refractivity contribution in [2.75, 3.05) is 0 Å². The van der Waals surface area contributed by atoms with E-state index >= 15 is 0 Å². The number of ether oxygens (including phenoxy) is 1. The van der Waals surface area contributed by atoms with Crippen LogP contribution in [-0.2, 0) is 32.0 Å². The Morgan fingerprint density at radius 1 is 0.875 bits per heavy atom. The minimum Gasteiger partial charge on any atom is -0.390 e. The molecule has 0 aliphatic carbocycles. The average molecular weight is 432 g/mol. The topological polar surface area (TPSA) is 130 Å². The first-order valence-corrected chi connectivity index (χ1v) is 10.3. The molecule has 8 heteroatoms. The maximum absolute atomic E-state index is 12.7. The van der Waals surface area contributed by atoms with Crippen molar-refractivity contribution in [3.63, 3.8) is 0 Å². The molecular weight excluding hydrogens is 408 g/mol. The Hall–Kier alpha value is -3.91. The molecule has 4 rings (SSSR count). The van der Waals surface area contributed by atoms with Gasteiger partial charge >= 0.3 is 11.9 Å². The fraction of sp³-hybridized carbons (Fsp3) is 0.208. The lowest BCUT2D eigenvalue weighted by atomic mass is 10.0. The van der Waals surface area contributed by atoms with Gasteiger partial charge in [-0.15, -0.1) is 0 Å². The van der Waals surface area contributed by atoms with Gasteiger partial charge in [0, 0.05) is 54.0 Å². The largest absolute Gasteiger partial charge is 0.390 e. The second-order valence-corrected chi connectivity index (χ2v) is 7.73. The number of nitrogens with two attached hydrogens (primary N) is 1. The number of esters is 2. The van der Waals surface area contributed by atoms with Crippen molar-refractivity contribution in [3.05, 3.63) is 72.1 Å². The van der Waals surface area contributed by atoms with Crippen LogP contribution in [0.4, 0.5) is 0 Å². The summed E-state index contributed by atoms with van der Waals surface area (Å²) < 4.78 is 5.06. The zero-order valence-electron chi connectivity index (χ0n) is 17.6. The molecule has 0 aliphatic rings. The number of carbonyl (C=O) groups excluding carboxylic acids is 3. The smallest absolute Gasteiger partial charge is 0.336 e. The summed E-state index contributed by atoms with van der Waals surface area (Å²) in [6, 6.07) is 13.2. The SMILES string of the molecule is CC(=O)N[C@@H](Cc1c[nH]c2ccccc12)C(=O)OC(=O)[C@@H](N)Cc1c[nH]c2ccccc12.